The summed E-state index contributed by atoms with van der Waals surface area (Å²) in [6.07, 6.45) is -0.315. The van der Waals surface area contributed by atoms with Crippen LogP contribution < -0.4 is 5.32 Å². The summed E-state index contributed by atoms with van der Waals surface area (Å²) < 4.78 is 24.7. The van der Waals surface area contributed by atoms with Crippen molar-refractivity contribution in [3.05, 3.63) is 66.0 Å². The van der Waals surface area contributed by atoms with Crippen molar-refractivity contribution in [3.8, 4) is 0 Å². The number of para-hydroxylation sites is 1. The number of halogens is 1. The number of amides is 3. The molecular formula is C25H31FN4O4. The Morgan fingerprint density at radius 2 is 1.74 bits per heavy atom. The third kappa shape index (κ3) is 6.75. The van der Waals surface area contributed by atoms with Gasteiger partial charge in [0, 0.05) is 50.5 Å². The van der Waals surface area contributed by atoms with Crippen molar-refractivity contribution in [2.45, 2.75) is 6.10 Å². The Morgan fingerprint density at radius 3 is 2.47 bits per heavy atom. The molecule has 2 aromatic carbocycles. The van der Waals surface area contributed by atoms with Gasteiger partial charge in [-0.15, -0.1) is 0 Å². The fourth-order valence-corrected chi connectivity index (χ4v) is 4.12. The van der Waals surface area contributed by atoms with Crippen LogP contribution in [0, 0.1) is 5.82 Å². The smallest absolute Gasteiger partial charge is 0.322 e. The fourth-order valence-electron chi connectivity index (χ4n) is 4.12. The molecular weight excluding hydrogens is 439 g/mol. The van der Waals surface area contributed by atoms with Gasteiger partial charge in [-0.25, -0.2) is 9.18 Å². The van der Waals surface area contributed by atoms with Gasteiger partial charge in [-0.05, 0) is 36.4 Å². The normalized spacial score (nSPS) is 19.0. The first-order valence-corrected chi connectivity index (χ1v) is 11.7. The van der Waals surface area contributed by atoms with Crippen LogP contribution in [0.15, 0.2) is 54.6 Å². The number of morpholine rings is 2. The van der Waals surface area contributed by atoms with Gasteiger partial charge in [-0.3, -0.25) is 9.69 Å². The Hall–Kier alpha value is -3.01. The van der Waals surface area contributed by atoms with Crippen LogP contribution in [0.3, 0.4) is 0 Å². The summed E-state index contributed by atoms with van der Waals surface area (Å²) in [7, 11) is 0. The van der Waals surface area contributed by atoms with Gasteiger partial charge in [0.2, 0.25) is 0 Å². The number of hydrogen-bond acceptors (Lipinski definition) is 5. The van der Waals surface area contributed by atoms with Crippen LogP contribution in [0.25, 0.3) is 0 Å². The van der Waals surface area contributed by atoms with E-state index in [-0.39, 0.29) is 23.9 Å². The summed E-state index contributed by atoms with van der Waals surface area (Å²) in [4.78, 5) is 31.7. The molecule has 182 valence electrons. The SMILES string of the molecule is O=C(Nc1ccccc1)N1CCO[C@@H](CN(CCN2CCOCC2)C(=O)c2ccc(F)cc2)C1. The zero-order chi connectivity index (χ0) is 23.8. The van der Waals surface area contributed by atoms with Gasteiger partial charge in [0.05, 0.1) is 32.5 Å². The van der Waals surface area contributed by atoms with E-state index in [9.17, 15) is 14.0 Å². The number of nitrogens with one attached hydrogen (secondary N) is 1. The molecule has 8 nitrogen and oxygen atoms in total. The number of carbonyl (C=O) groups is 2. The van der Waals surface area contributed by atoms with Gasteiger partial charge in [0.1, 0.15) is 5.82 Å². The second kappa shape index (κ2) is 11.9. The van der Waals surface area contributed by atoms with Crippen LogP contribution in [-0.4, -0.2) is 98.4 Å². The van der Waals surface area contributed by atoms with Gasteiger partial charge < -0.3 is 24.6 Å². The van der Waals surface area contributed by atoms with E-state index in [0.29, 0.717) is 58.1 Å². The van der Waals surface area contributed by atoms with Crippen LogP contribution in [-0.2, 0) is 9.47 Å². The number of nitrogens with zero attached hydrogens (tertiary/aromatic N) is 3. The maximum Gasteiger partial charge on any atom is 0.322 e. The first kappa shape index (κ1) is 24.1. The van der Waals surface area contributed by atoms with E-state index in [1.165, 1.54) is 24.3 Å². The largest absolute Gasteiger partial charge is 0.379 e. The number of urea groups is 1. The Bertz CT molecular complexity index is 938. The zero-order valence-corrected chi connectivity index (χ0v) is 19.2. The van der Waals surface area contributed by atoms with E-state index < -0.39 is 0 Å². The van der Waals surface area contributed by atoms with Gasteiger partial charge in [-0.2, -0.15) is 0 Å². The summed E-state index contributed by atoms with van der Waals surface area (Å²) >= 11 is 0. The number of carbonyl (C=O) groups excluding carboxylic acids is 2. The highest BCUT2D eigenvalue weighted by Gasteiger charge is 2.28. The molecule has 9 heteroatoms. The first-order valence-electron chi connectivity index (χ1n) is 11.7. The molecule has 34 heavy (non-hydrogen) atoms. The molecule has 2 aromatic rings. The van der Waals surface area contributed by atoms with Crippen LogP contribution in [0.4, 0.5) is 14.9 Å². The standard InChI is InChI=1S/C25H31FN4O4/c26-21-8-6-20(7-9-21)24(31)29(11-10-28-12-15-33-16-13-28)18-23-19-30(14-17-34-23)25(32)27-22-4-2-1-3-5-22/h1-9,23H,10-19H2,(H,27,32)/t23-/m0/s1. The van der Waals surface area contributed by atoms with Crippen LogP contribution in [0.5, 0.6) is 0 Å². The maximum absolute atomic E-state index is 13.4. The Balaban J connectivity index is 1.39. The quantitative estimate of drug-likeness (QED) is 0.673. The highest BCUT2D eigenvalue weighted by Crippen LogP contribution is 2.14. The minimum Gasteiger partial charge on any atom is -0.379 e. The average Bonchev–Trinajstić information content (AvgIpc) is 2.88. The highest BCUT2D eigenvalue weighted by atomic mass is 19.1. The van der Waals surface area contributed by atoms with Crippen LogP contribution in [0.1, 0.15) is 10.4 Å². The predicted octanol–water partition coefficient (Wildman–Crippen LogP) is 2.53. The zero-order valence-electron chi connectivity index (χ0n) is 19.2. The van der Waals surface area contributed by atoms with Gasteiger partial charge in [0.15, 0.2) is 0 Å². The van der Waals surface area contributed by atoms with Crippen molar-refractivity contribution in [2.24, 2.45) is 0 Å². The van der Waals surface area contributed by atoms with Crippen molar-refractivity contribution in [1.29, 1.82) is 0 Å². The molecule has 0 spiro atoms. The number of ether oxygens (including phenoxy) is 2. The van der Waals surface area contributed by atoms with Crippen molar-refractivity contribution >= 4 is 17.6 Å². The lowest BCUT2D eigenvalue weighted by Gasteiger charge is -2.36. The molecule has 2 fully saturated rings. The minimum atomic E-state index is -0.382. The van der Waals surface area contributed by atoms with Crippen molar-refractivity contribution < 1.29 is 23.5 Å². The van der Waals surface area contributed by atoms with E-state index in [1.807, 2.05) is 30.3 Å². The Kier molecular flexibility index (Phi) is 8.46. The van der Waals surface area contributed by atoms with Gasteiger partial charge in [-0.1, -0.05) is 18.2 Å². The molecule has 0 unspecified atom stereocenters. The third-order valence-corrected chi connectivity index (χ3v) is 6.04. The third-order valence-electron chi connectivity index (χ3n) is 6.04. The van der Waals surface area contributed by atoms with E-state index in [4.69, 9.17) is 9.47 Å². The summed E-state index contributed by atoms with van der Waals surface area (Å²) in [5.41, 5.74) is 1.16. The summed E-state index contributed by atoms with van der Waals surface area (Å²) in [5, 5.41) is 2.90. The molecule has 1 N–H and O–H groups in total. The monoisotopic (exact) mass is 470 g/mol. The lowest BCUT2D eigenvalue weighted by molar-refractivity contribution is -0.0282. The molecule has 2 saturated heterocycles. The van der Waals surface area contributed by atoms with Crippen LogP contribution in [0.2, 0.25) is 0 Å². The Morgan fingerprint density at radius 1 is 1.00 bits per heavy atom. The van der Waals surface area contributed by atoms with Crippen molar-refractivity contribution in [2.75, 3.05) is 71.0 Å². The summed E-state index contributed by atoms with van der Waals surface area (Å²) in [6, 6.07) is 14.7. The number of hydrogen-bond donors (Lipinski definition) is 1. The van der Waals surface area contributed by atoms with Crippen LogP contribution >= 0.6 is 0 Å². The molecule has 2 aliphatic rings. The lowest BCUT2D eigenvalue weighted by atomic mass is 10.1. The number of rotatable bonds is 7. The van der Waals surface area contributed by atoms with Gasteiger partial charge in [0.25, 0.3) is 5.91 Å². The van der Waals surface area contributed by atoms with E-state index >= 15 is 0 Å². The minimum absolute atomic E-state index is 0.178. The Labute approximate surface area is 199 Å². The molecule has 4 rings (SSSR count). The molecule has 0 aromatic heterocycles. The summed E-state index contributed by atoms with van der Waals surface area (Å²) in [6.45, 7) is 5.83. The molecule has 0 aliphatic carbocycles. The van der Waals surface area contributed by atoms with Crippen molar-refractivity contribution in [1.82, 2.24) is 14.7 Å². The lowest BCUT2D eigenvalue weighted by Crippen LogP contribution is -2.52. The predicted molar refractivity (Wildman–Crippen MR) is 126 cm³/mol. The van der Waals surface area contributed by atoms with E-state index in [2.05, 4.69) is 10.2 Å². The summed E-state index contributed by atoms with van der Waals surface area (Å²) in [5.74, 6) is -0.560. The number of benzene rings is 2. The van der Waals surface area contributed by atoms with Gasteiger partial charge >= 0.3 is 6.03 Å². The van der Waals surface area contributed by atoms with E-state index in [1.54, 1.807) is 9.80 Å². The molecule has 0 saturated carbocycles. The van der Waals surface area contributed by atoms with E-state index in [0.717, 1.165) is 18.8 Å². The number of anilines is 1. The molecule has 0 radical (unpaired) electrons. The topological polar surface area (TPSA) is 74.4 Å². The molecule has 0 bridgehead atoms. The maximum atomic E-state index is 13.4. The average molecular weight is 471 g/mol. The molecule has 2 heterocycles. The second-order valence-electron chi connectivity index (χ2n) is 8.45. The fraction of sp³-hybridized carbons (Fsp3) is 0.440. The molecule has 2 aliphatic heterocycles. The molecule has 1 atom stereocenters. The highest BCUT2D eigenvalue weighted by molar-refractivity contribution is 5.94. The second-order valence-corrected chi connectivity index (χ2v) is 8.45. The molecule has 3 amide bonds. The van der Waals surface area contributed by atoms with Crippen molar-refractivity contribution in [3.63, 3.8) is 0 Å². The first-order chi connectivity index (χ1) is 16.6.